The van der Waals surface area contributed by atoms with Crippen LogP contribution in [0.4, 0.5) is 10.5 Å². The molecule has 0 bridgehead atoms. The molecule has 6 nitrogen and oxygen atoms in total. The van der Waals surface area contributed by atoms with Gasteiger partial charge in [0, 0.05) is 19.3 Å². The first-order valence-corrected chi connectivity index (χ1v) is 8.12. The minimum Gasteiger partial charge on any atom is -0.444 e. The van der Waals surface area contributed by atoms with Gasteiger partial charge in [-0.05, 0) is 51.8 Å². The molecule has 1 fully saturated rings. The van der Waals surface area contributed by atoms with Crippen molar-refractivity contribution in [1.82, 2.24) is 4.90 Å². The summed E-state index contributed by atoms with van der Waals surface area (Å²) in [5, 5.41) is 10.2. The lowest BCUT2D eigenvalue weighted by Gasteiger charge is -2.31. The normalized spacial score (nSPS) is 20.8. The highest BCUT2D eigenvalue weighted by molar-refractivity contribution is 5.99. The van der Waals surface area contributed by atoms with E-state index in [1.807, 2.05) is 31.2 Å². The number of ether oxygens (including phenoxy) is 1. The quantitative estimate of drug-likeness (QED) is 0.901. The van der Waals surface area contributed by atoms with E-state index in [9.17, 15) is 14.7 Å². The molecule has 1 saturated heterocycles. The van der Waals surface area contributed by atoms with E-state index in [2.05, 4.69) is 0 Å². The first-order valence-electron chi connectivity index (χ1n) is 8.12. The maximum Gasteiger partial charge on any atom is 0.411 e. The number of aryl methyl sites for hydroxylation is 1. The third-order valence-corrected chi connectivity index (χ3v) is 3.97. The van der Waals surface area contributed by atoms with Gasteiger partial charge >= 0.3 is 6.09 Å². The molecule has 0 unspecified atom stereocenters. The van der Waals surface area contributed by atoms with E-state index in [4.69, 9.17) is 4.74 Å². The smallest absolute Gasteiger partial charge is 0.411 e. The van der Waals surface area contributed by atoms with Crippen molar-refractivity contribution in [3.8, 4) is 0 Å². The highest BCUT2D eigenvalue weighted by Crippen LogP contribution is 2.25. The van der Waals surface area contributed by atoms with Gasteiger partial charge in [0.15, 0.2) is 0 Å². The van der Waals surface area contributed by atoms with Gasteiger partial charge in [-0.2, -0.15) is 0 Å². The molecule has 0 aliphatic carbocycles. The molecule has 1 aliphatic heterocycles. The van der Waals surface area contributed by atoms with Gasteiger partial charge in [-0.25, -0.2) is 4.79 Å². The molecule has 2 amide bonds. The predicted molar refractivity (Wildman–Crippen MR) is 91.9 cm³/mol. The molecule has 1 N–H and O–H groups in total. The van der Waals surface area contributed by atoms with Crippen LogP contribution in [-0.4, -0.2) is 53.3 Å². The molecule has 132 valence electrons. The van der Waals surface area contributed by atoms with E-state index in [0.29, 0.717) is 13.0 Å². The molecule has 0 radical (unpaired) electrons. The zero-order chi connectivity index (χ0) is 18.1. The molecular weight excluding hydrogens is 308 g/mol. The van der Waals surface area contributed by atoms with Crippen molar-refractivity contribution >= 4 is 17.7 Å². The van der Waals surface area contributed by atoms with Crippen molar-refractivity contribution in [3.63, 3.8) is 0 Å². The van der Waals surface area contributed by atoms with Crippen LogP contribution in [-0.2, 0) is 9.53 Å². The topological polar surface area (TPSA) is 70.1 Å². The summed E-state index contributed by atoms with van der Waals surface area (Å²) in [6, 6.07) is 6.59. The molecule has 1 heterocycles. The van der Waals surface area contributed by atoms with E-state index in [1.54, 1.807) is 27.8 Å². The van der Waals surface area contributed by atoms with Crippen LogP contribution in [0.15, 0.2) is 24.3 Å². The number of benzene rings is 1. The number of amides is 2. The Kier molecular flexibility index (Phi) is 5.18. The van der Waals surface area contributed by atoms with Gasteiger partial charge in [-0.3, -0.25) is 9.69 Å². The van der Waals surface area contributed by atoms with Crippen LogP contribution in [0.2, 0.25) is 0 Å². The number of carbonyl (C=O) groups excluding carboxylic acids is 2. The highest BCUT2D eigenvalue weighted by atomic mass is 16.6. The minimum atomic E-state index is -0.926. The van der Waals surface area contributed by atoms with Crippen LogP contribution in [0.3, 0.4) is 0 Å². The number of likely N-dealkylation sites (N-methyl/N-ethyl adjacent to an activating group) is 1. The average Bonchev–Trinajstić information content (AvgIpc) is 2.86. The Morgan fingerprint density at radius 3 is 2.58 bits per heavy atom. The summed E-state index contributed by atoms with van der Waals surface area (Å²) >= 11 is 0. The van der Waals surface area contributed by atoms with Crippen molar-refractivity contribution in [2.24, 2.45) is 0 Å². The van der Waals surface area contributed by atoms with Crippen molar-refractivity contribution in [2.75, 3.05) is 18.5 Å². The molecule has 1 aliphatic rings. The molecule has 0 spiro atoms. The van der Waals surface area contributed by atoms with Crippen molar-refractivity contribution in [3.05, 3.63) is 29.8 Å². The molecular formula is C18H26N2O4. The Bertz CT molecular complexity index is 624. The van der Waals surface area contributed by atoms with Gasteiger partial charge in [-0.1, -0.05) is 12.1 Å². The van der Waals surface area contributed by atoms with Gasteiger partial charge in [0.1, 0.15) is 11.6 Å². The summed E-state index contributed by atoms with van der Waals surface area (Å²) in [6.07, 6.45) is -1.11. The number of aliphatic hydroxyl groups excluding tert-OH is 1. The van der Waals surface area contributed by atoms with E-state index >= 15 is 0 Å². The van der Waals surface area contributed by atoms with E-state index in [0.717, 1.165) is 11.3 Å². The van der Waals surface area contributed by atoms with Gasteiger partial charge < -0.3 is 14.7 Å². The molecule has 1 aromatic carbocycles. The van der Waals surface area contributed by atoms with Crippen LogP contribution in [0.25, 0.3) is 0 Å². The number of aliphatic hydroxyl groups is 1. The largest absolute Gasteiger partial charge is 0.444 e. The summed E-state index contributed by atoms with van der Waals surface area (Å²) in [5.74, 6) is -0.323. The second-order valence-corrected chi connectivity index (χ2v) is 7.21. The van der Waals surface area contributed by atoms with E-state index in [1.165, 1.54) is 9.80 Å². The summed E-state index contributed by atoms with van der Waals surface area (Å²) in [4.78, 5) is 28.0. The van der Waals surface area contributed by atoms with Crippen LogP contribution in [0.5, 0.6) is 0 Å². The molecule has 0 saturated carbocycles. The number of rotatable bonds is 2. The third kappa shape index (κ3) is 4.06. The van der Waals surface area contributed by atoms with Crippen LogP contribution in [0.1, 0.15) is 32.8 Å². The number of anilines is 1. The molecule has 2 atom stereocenters. The number of nitrogens with zero attached hydrogens (tertiary/aromatic N) is 2. The Morgan fingerprint density at radius 1 is 1.33 bits per heavy atom. The van der Waals surface area contributed by atoms with Gasteiger partial charge in [0.2, 0.25) is 0 Å². The molecule has 0 aromatic heterocycles. The third-order valence-electron chi connectivity index (χ3n) is 3.97. The molecule has 2 rings (SSSR count). The summed E-state index contributed by atoms with van der Waals surface area (Å²) in [6.45, 7) is 7.56. The van der Waals surface area contributed by atoms with Gasteiger partial charge in [-0.15, -0.1) is 0 Å². The van der Waals surface area contributed by atoms with E-state index < -0.39 is 23.8 Å². The Morgan fingerprint density at radius 2 is 2.00 bits per heavy atom. The Hall–Kier alpha value is -2.08. The summed E-state index contributed by atoms with van der Waals surface area (Å²) < 4.78 is 5.36. The fraction of sp³-hybridized carbons (Fsp3) is 0.556. The monoisotopic (exact) mass is 334 g/mol. The maximum atomic E-state index is 12.9. The van der Waals surface area contributed by atoms with Crippen LogP contribution >= 0.6 is 0 Å². The van der Waals surface area contributed by atoms with Crippen molar-refractivity contribution in [2.45, 2.75) is 51.9 Å². The summed E-state index contributed by atoms with van der Waals surface area (Å²) in [5.41, 5.74) is 1.10. The molecule has 24 heavy (non-hydrogen) atoms. The van der Waals surface area contributed by atoms with Crippen LogP contribution < -0.4 is 4.90 Å². The second-order valence-electron chi connectivity index (χ2n) is 7.21. The van der Waals surface area contributed by atoms with Crippen molar-refractivity contribution < 1.29 is 19.4 Å². The standard InChI is InChI=1S/C18H26N2O4/c1-12-7-6-8-13(11-12)19(5)16(22)15-14(21)9-10-20(15)17(23)24-18(2,3)4/h6-8,11,14-15,21H,9-10H2,1-5H3/t14-,15-/m1/s1. The van der Waals surface area contributed by atoms with E-state index in [-0.39, 0.29) is 5.91 Å². The van der Waals surface area contributed by atoms with Crippen LogP contribution in [0, 0.1) is 6.92 Å². The lowest BCUT2D eigenvalue weighted by molar-refractivity contribution is -0.125. The Labute approximate surface area is 143 Å². The Balaban J connectivity index is 2.20. The fourth-order valence-electron chi connectivity index (χ4n) is 2.76. The second kappa shape index (κ2) is 6.81. The first kappa shape index (κ1) is 18.3. The number of hydrogen-bond acceptors (Lipinski definition) is 4. The number of likely N-dealkylation sites (tertiary alicyclic amines) is 1. The predicted octanol–water partition coefficient (Wildman–Crippen LogP) is 2.33. The fourth-order valence-corrected chi connectivity index (χ4v) is 2.76. The minimum absolute atomic E-state index is 0.300. The number of carbonyl (C=O) groups is 2. The molecule has 1 aromatic rings. The maximum absolute atomic E-state index is 12.9. The highest BCUT2D eigenvalue weighted by Gasteiger charge is 2.44. The molecule has 6 heteroatoms. The average molecular weight is 334 g/mol. The lowest BCUT2D eigenvalue weighted by atomic mass is 10.1. The SMILES string of the molecule is Cc1cccc(N(C)C(=O)[C@H]2[C@H](O)CCN2C(=O)OC(C)(C)C)c1. The van der Waals surface area contributed by atoms with Gasteiger partial charge in [0.25, 0.3) is 5.91 Å². The zero-order valence-electron chi connectivity index (χ0n) is 14.9. The zero-order valence-corrected chi connectivity index (χ0v) is 14.9. The number of hydrogen-bond donors (Lipinski definition) is 1. The summed E-state index contributed by atoms with van der Waals surface area (Å²) in [7, 11) is 1.65. The lowest BCUT2D eigenvalue weighted by Crippen LogP contribution is -2.51. The van der Waals surface area contributed by atoms with Gasteiger partial charge in [0.05, 0.1) is 6.10 Å². The first-order chi connectivity index (χ1) is 11.1. The van der Waals surface area contributed by atoms with Crippen molar-refractivity contribution in [1.29, 1.82) is 0 Å².